The lowest BCUT2D eigenvalue weighted by molar-refractivity contribution is -0.147. The molecule has 1 aromatic carbocycles. The van der Waals surface area contributed by atoms with E-state index in [4.69, 9.17) is 4.74 Å². The van der Waals surface area contributed by atoms with Gasteiger partial charge in [-0.15, -0.1) is 11.8 Å². The number of esters is 1. The number of carbonyl (C=O) groups excluding carboxylic acids is 1. The Labute approximate surface area is 122 Å². The quantitative estimate of drug-likeness (QED) is 0.621. The van der Waals surface area contributed by atoms with Crippen molar-refractivity contribution in [3.8, 4) is 0 Å². The van der Waals surface area contributed by atoms with Crippen LogP contribution in [-0.2, 0) is 9.53 Å². The molecule has 0 fully saturated rings. The van der Waals surface area contributed by atoms with Crippen molar-refractivity contribution >= 4 is 17.7 Å². The molecule has 3 nitrogen and oxygen atoms in total. The molecule has 0 heterocycles. The molecular weight excluding hydrogens is 284 g/mol. The van der Waals surface area contributed by atoms with Crippen LogP contribution in [0.3, 0.4) is 0 Å². The smallest absolute Gasteiger partial charge is 0.325 e. The first-order valence-corrected chi connectivity index (χ1v) is 7.33. The van der Waals surface area contributed by atoms with Crippen LogP contribution >= 0.6 is 11.8 Å². The van der Waals surface area contributed by atoms with Gasteiger partial charge in [0.25, 0.3) is 0 Å². The van der Waals surface area contributed by atoms with E-state index < -0.39 is 17.2 Å². The highest BCUT2D eigenvalue weighted by Gasteiger charge is 2.32. The highest BCUT2D eigenvalue weighted by atomic mass is 32.2. The molecule has 0 radical (unpaired) electrons. The van der Waals surface area contributed by atoms with E-state index in [-0.39, 0.29) is 10.9 Å². The maximum absolute atomic E-state index is 13.5. The molecule has 1 atom stereocenters. The molecular formula is C14H19F2NO2S. The molecule has 0 bridgehead atoms. The minimum Gasteiger partial charge on any atom is -0.468 e. The summed E-state index contributed by atoms with van der Waals surface area (Å²) >= 11 is 1.18. The lowest BCUT2D eigenvalue weighted by Crippen LogP contribution is -2.50. The Morgan fingerprint density at radius 3 is 2.75 bits per heavy atom. The fourth-order valence-corrected chi connectivity index (χ4v) is 2.96. The zero-order valence-electron chi connectivity index (χ0n) is 11.8. The summed E-state index contributed by atoms with van der Waals surface area (Å²) in [5.74, 6) is -0.825. The average molecular weight is 303 g/mol. The lowest BCUT2D eigenvalue weighted by atomic mass is 9.99. The largest absolute Gasteiger partial charge is 0.468 e. The van der Waals surface area contributed by atoms with E-state index in [0.717, 1.165) is 18.2 Å². The molecule has 1 N–H and O–H groups in total. The average Bonchev–Trinajstić information content (AvgIpc) is 2.42. The molecule has 1 unspecified atom stereocenters. The SMILES string of the molecule is CCNC(C)(CCSc1cc(F)ccc1F)C(=O)OC. The minimum atomic E-state index is -0.819. The predicted octanol–water partition coefficient (Wildman–Crippen LogP) is 2.99. The zero-order valence-corrected chi connectivity index (χ0v) is 12.7. The molecule has 0 amide bonds. The number of hydrogen-bond acceptors (Lipinski definition) is 4. The number of halogens is 2. The van der Waals surface area contributed by atoms with Crippen molar-refractivity contribution in [3.05, 3.63) is 29.8 Å². The Kier molecular flexibility index (Phi) is 6.42. The lowest BCUT2D eigenvalue weighted by Gasteiger charge is -2.27. The normalized spacial score (nSPS) is 13.8. The van der Waals surface area contributed by atoms with Gasteiger partial charge in [-0.3, -0.25) is 4.79 Å². The van der Waals surface area contributed by atoms with Crippen LogP contribution in [0.4, 0.5) is 8.78 Å². The Bertz CT molecular complexity index is 470. The molecule has 6 heteroatoms. The second kappa shape index (κ2) is 7.59. The zero-order chi connectivity index (χ0) is 15.2. The Balaban J connectivity index is 2.65. The van der Waals surface area contributed by atoms with Crippen LogP contribution in [-0.4, -0.2) is 30.9 Å². The monoisotopic (exact) mass is 303 g/mol. The van der Waals surface area contributed by atoms with Crippen LogP contribution in [0.5, 0.6) is 0 Å². The van der Waals surface area contributed by atoms with Crippen molar-refractivity contribution in [1.82, 2.24) is 5.32 Å². The van der Waals surface area contributed by atoms with E-state index in [0.29, 0.717) is 18.7 Å². The summed E-state index contributed by atoms with van der Waals surface area (Å²) in [5.41, 5.74) is -0.819. The summed E-state index contributed by atoms with van der Waals surface area (Å²) in [4.78, 5) is 12.0. The van der Waals surface area contributed by atoms with Gasteiger partial charge < -0.3 is 10.1 Å². The van der Waals surface area contributed by atoms with Crippen molar-refractivity contribution in [2.75, 3.05) is 19.4 Å². The Morgan fingerprint density at radius 2 is 2.15 bits per heavy atom. The molecule has 0 aliphatic carbocycles. The second-order valence-electron chi connectivity index (χ2n) is 4.53. The molecule has 0 spiro atoms. The second-order valence-corrected chi connectivity index (χ2v) is 5.66. The molecule has 0 aliphatic heterocycles. The number of methoxy groups -OCH3 is 1. The summed E-state index contributed by atoms with van der Waals surface area (Å²) in [6.07, 6.45) is 0.453. The number of nitrogens with one attached hydrogen (secondary N) is 1. The maximum Gasteiger partial charge on any atom is 0.325 e. The van der Waals surface area contributed by atoms with E-state index in [1.807, 2.05) is 6.92 Å². The summed E-state index contributed by atoms with van der Waals surface area (Å²) in [5, 5.41) is 3.07. The van der Waals surface area contributed by atoms with Crippen LogP contribution in [0.25, 0.3) is 0 Å². The van der Waals surface area contributed by atoms with Gasteiger partial charge in [-0.05, 0) is 38.1 Å². The third kappa shape index (κ3) is 4.45. The van der Waals surface area contributed by atoms with Gasteiger partial charge in [0.1, 0.15) is 17.2 Å². The Hall–Kier alpha value is -1.14. The number of carbonyl (C=O) groups is 1. The highest BCUT2D eigenvalue weighted by Crippen LogP contribution is 2.25. The van der Waals surface area contributed by atoms with Crippen molar-refractivity contribution in [1.29, 1.82) is 0 Å². The Morgan fingerprint density at radius 1 is 1.45 bits per heavy atom. The molecule has 20 heavy (non-hydrogen) atoms. The van der Waals surface area contributed by atoms with Gasteiger partial charge in [-0.2, -0.15) is 0 Å². The summed E-state index contributed by atoms with van der Waals surface area (Å²) in [6, 6.07) is 3.33. The van der Waals surface area contributed by atoms with Crippen LogP contribution < -0.4 is 5.32 Å². The summed E-state index contributed by atoms with van der Waals surface area (Å²) in [6.45, 7) is 4.25. The molecule has 0 saturated heterocycles. The van der Waals surface area contributed by atoms with E-state index in [9.17, 15) is 13.6 Å². The summed E-state index contributed by atoms with van der Waals surface area (Å²) < 4.78 is 31.3. The van der Waals surface area contributed by atoms with Crippen LogP contribution in [0, 0.1) is 11.6 Å². The van der Waals surface area contributed by atoms with Crippen molar-refractivity contribution in [2.45, 2.75) is 30.7 Å². The van der Waals surface area contributed by atoms with Crippen LogP contribution in [0.1, 0.15) is 20.3 Å². The molecule has 1 aromatic rings. The maximum atomic E-state index is 13.5. The fraction of sp³-hybridized carbons (Fsp3) is 0.500. The number of hydrogen-bond donors (Lipinski definition) is 1. The van der Waals surface area contributed by atoms with Gasteiger partial charge in [0, 0.05) is 10.6 Å². The van der Waals surface area contributed by atoms with Crippen LogP contribution in [0.2, 0.25) is 0 Å². The first-order chi connectivity index (χ1) is 9.42. The molecule has 112 valence electrons. The number of likely N-dealkylation sites (N-methyl/N-ethyl adjacent to an activating group) is 1. The van der Waals surface area contributed by atoms with E-state index in [2.05, 4.69) is 5.32 Å². The molecule has 0 aliphatic rings. The van der Waals surface area contributed by atoms with Crippen molar-refractivity contribution in [2.24, 2.45) is 0 Å². The highest BCUT2D eigenvalue weighted by molar-refractivity contribution is 7.99. The number of benzene rings is 1. The molecule has 0 saturated carbocycles. The van der Waals surface area contributed by atoms with Gasteiger partial charge >= 0.3 is 5.97 Å². The van der Waals surface area contributed by atoms with Gasteiger partial charge in [0.15, 0.2) is 0 Å². The van der Waals surface area contributed by atoms with Gasteiger partial charge in [0.05, 0.1) is 7.11 Å². The third-order valence-electron chi connectivity index (χ3n) is 2.96. The van der Waals surface area contributed by atoms with Crippen molar-refractivity contribution < 1.29 is 18.3 Å². The fourth-order valence-electron chi connectivity index (χ4n) is 1.83. The van der Waals surface area contributed by atoms with E-state index >= 15 is 0 Å². The van der Waals surface area contributed by atoms with E-state index in [1.165, 1.54) is 18.9 Å². The van der Waals surface area contributed by atoms with Gasteiger partial charge in [-0.1, -0.05) is 6.92 Å². The standard InChI is InChI=1S/C14H19F2NO2S/c1-4-17-14(2,13(18)19-3)7-8-20-12-9-10(15)5-6-11(12)16/h5-6,9,17H,4,7-8H2,1-3H3. The first-order valence-electron chi connectivity index (χ1n) is 6.34. The topological polar surface area (TPSA) is 38.3 Å². The van der Waals surface area contributed by atoms with Crippen LogP contribution in [0.15, 0.2) is 23.1 Å². The number of thioether (sulfide) groups is 1. The molecule has 1 rings (SSSR count). The minimum absolute atomic E-state index is 0.244. The predicted molar refractivity (Wildman–Crippen MR) is 75.8 cm³/mol. The third-order valence-corrected chi connectivity index (χ3v) is 3.99. The van der Waals surface area contributed by atoms with Gasteiger partial charge in [0.2, 0.25) is 0 Å². The first kappa shape index (κ1) is 16.9. The molecule has 0 aromatic heterocycles. The number of ether oxygens (including phenoxy) is 1. The van der Waals surface area contributed by atoms with Crippen molar-refractivity contribution in [3.63, 3.8) is 0 Å². The van der Waals surface area contributed by atoms with Gasteiger partial charge in [-0.25, -0.2) is 8.78 Å². The van der Waals surface area contributed by atoms with E-state index in [1.54, 1.807) is 6.92 Å². The number of rotatable bonds is 7. The summed E-state index contributed by atoms with van der Waals surface area (Å²) in [7, 11) is 1.33.